The van der Waals surface area contributed by atoms with Gasteiger partial charge in [0.25, 0.3) is 5.91 Å². The second-order valence-electron chi connectivity index (χ2n) is 6.57. The SMILES string of the molecule is CC1CCN(C(=O)COc2cccc3cccnc23)c2c(O)cccc21. The van der Waals surface area contributed by atoms with Crippen LogP contribution in [-0.2, 0) is 4.79 Å². The molecule has 0 spiro atoms. The Balaban J connectivity index is 1.57. The first-order chi connectivity index (χ1) is 12.6. The molecular weight excluding hydrogens is 328 g/mol. The molecule has 2 heterocycles. The molecule has 1 unspecified atom stereocenters. The Kier molecular flexibility index (Phi) is 4.21. The zero-order chi connectivity index (χ0) is 18.1. The van der Waals surface area contributed by atoms with Crippen LogP contribution in [0.2, 0.25) is 0 Å². The van der Waals surface area contributed by atoms with E-state index in [9.17, 15) is 9.90 Å². The van der Waals surface area contributed by atoms with Gasteiger partial charge in [-0.2, -0.15) is 0 Å². The summed E-state index contributed by atoms with van der Waals surface area (Å²) in [7, 11) is 0. The van der Waals surface area contributed by atoms with E-state index in [1.165, 1.54) is 0 Å². The minimum Gasteiger partial charge on any atom is -0.506 e. The first kappa shape index (κ1) is 16.4. The van der Waals surface area contributed by atoms with Crippen molar-refractivity contribution in [1.29, 1.82) is 0 Å². The highest BCUT2D eigenvalue weighted by Crippen LogP contribution is 2.40. The minimum atomic E-state index is -0.174. The van der Waals surface area contributed by atoms with E-state index in [1.807, 2.05) is 42.5 Å². The molecule has 0 radical (unpaired) electrons. The number of phenols is 1. The third-order valence-corrected chi connectivity index (χ3v) is 4.88. The molecule has 1 aliphatic heterocycles. The topological polar surface area (TPSA) is 62.7 Å². The van der Waals surface area contributed by atoms with Gasteiger partial charge in [0.15, 0.2) is 6.61 Å². The number of rotatable bonds is 3. The molecule has 0 bridgehead atoms. The van der Waals surface area contributed by atoms with Gasteiger partial charge >= 0.3 is 0 Å². The quantitative estimate of drug-likeness (QED) is 0.781. The number of carbonyl (C=O) groups excluding carboxylic acids is 1. The lowest BCUT2D eigenvalue weighted by atomic mass is 9.91. The Hall–Kier alpha value is -3.08. The molecule has 132 valence electrons. The van der Waals surface area contributed by atoms with E-state index in [0.717, 1.165) is 22.9 Å². The summed E-state index contributed by atoms with van der Waals surface area (Å²) in [5.74, 6) is 0.852. The molecule has 1 aromatic heterocycles. The maximum Gasteiger partial charge on any atom is 0.265 e. The maximum absolute atomic E-state index is 12.8. The van der Waals surface area contributed by atoms with Gasteiger partial charge in [-0.15, -0.1) is 0 Å². The molecule has 1 aliphatic rings. The fourth-order valence-electron chi connectivity index (χ4n) is 3.49. The predicted molar refractivity (Wildman–Crippen MR) is 101 cm³/mol. The molecule has 3 aromatic rings. The van der Waals surface area contributed by atoms with E-state index in [2.05, 4.69) is 11.9 Å². The summed E-state index contributed by atoms with van der Waals surface area (Å²) in [4.78, 5) is 18.8. The van der Waals surface area contributed by atoms with E-state index in [4.69, 9.17) is 4.74 Å². The Morgan fingerprint density at radius 3 is 2.92 bits per heavy atom. The zero-order valence-electron chi connectivity index (χ0n) is 14.6. The van der Waals surface area contributed by atoms with E-state index in [-0.39, 0.29) is 18.3 Å². The summed E-state index contributed by atoms with van der Waals surface area (Å²) in [6, 6.07) is 14.9. The van der Waals surface area contributed by atoms with Crippen molar-refractivity contribution >= 4 is 22.5 Å². The summed E-state index contributed by atoms with van der Waals surface area (Å²) in [6.45, 7) is 2.58. The van der Waals surface area contributed by atoms with Crippen molar-refractivity contribution in [2.75, 3.05) is 18.1 Å². The van der Waals surface area contributed by atoms with Crippen molar-refractivity contribution in [2.45, 2.75) is 19.3 Å². The summed E-state index contributed by atoms with van der Waals surface area (Å²) in [5, 5.41) is 11.2. The third kappa shape index (κ3) is 2.86. The minimum absolute atomic E-state index is 0.0994. The normalized spacial score (nSPS) is 16.3. The standard InChI is InChI=1S/C21H20N2O3/c1-14-10-12-23(21-16(14)7-3-8-17(21)24)19(25)13-26-18-9-2-5-15-6-4-11-22-20(15)18/h2-9,11,14,24H,10,12-13H2,1H3. The Morgan fingerprint density at radius 2 is 2.04 bits per heavy atom. The fourth-order valence-corrected chi connectivity index (χ4v) is 3.49. The third-order valence-electron chi connectivity index (χ3n) is 4.88. The van der Waals surface area contributed by atoms with Crippen LogP contribution in [0, 0.1) is 0 Å². The van der Waals surface area contributed by atoms with Crippen LogP contribution in [0.25, 0.3) is 10.9 Å². The molecule has 1 atom stereocenters. The lowest BCUT2D eigenvalue weighted by Crippen LogP contribution is -2.39. The average Bonchev–Trinajstić information content (AvgIpc) is 2.67. The molecule has 0 saturated heterocycles. The van der Waals surface area contributed by atoms with Crippen molar-refractivity contribution < 1.29 is 14.6 Å². The molecular formula is C21H20N2O3. The van der Waals surface area contributed by atoms with Crippen LogP contribution in [0.4, 0.5) is 5.69 Å². The Morgan fingerprint density at radius 1 is 1.23 bits per heavy atom. The number of amides is 1. The van der Waals surface area contributed by atoms with Crippen LogP contribution in [0.15, 0.2) is 54.7 Å². The van der Waals surface area contributed by atoms with Crippen LogP contribution in [0.5, 0.6) is 11.5 Å². The number of hydrogen-bond donors (Lipinski definition) is 1. The van der Waals surface area contributed by atoms with E-state index in [0.29, 0.717) is 23.9 Å². The van der Waals surface area contributed by atoms with Crippen LogP contribution in [0.1, 0.15) is 24.8 Å². The van der Waals surface area contributed by atoms with Gasteiger partial charge in [-0.05, 0) is 36.1 Å². The molecule has 26 heavy (non-hydrogen) atoms. The highest BCUT2D eigenvalue weighted by Gasteiger charge is 2.29. The number of hydrogen-bond acceptors (Lipinski definition) is 4. The van der Waals surface area contributed by atoms with Gasteiger partial charge in [-0.3, -0.25) is 9.78 Å². The van der Waals surface area contributed by atoms with Crippen molar-refractivity contribution in [3.8, 4) is 11.5 Å². The lowest BCUT2D eigenvalue weighted by molar-refractivity contribution is -0.120. The van der Waals surface area contributed by atoms with E-state index in [1.54, 1.807) is 17.2 Å². The highest BCUT2D eigenvalue weighted by molar-refractivity contribution is 5.97. The number of benzene rings is 2. The summed E-state index contributed by atoms with van der Waals surface area (Å²) in [6.07, 6.45) is 2.56. The number of pyridine rings is 1. The number of anilines is 1. The van der Waals surface area contributed by atoms with Crippen LogP contribution in [0.3, 0.4) is 0 Å². The summed E-state index contributed by atoms with van der Waals surface area (Å²) in [5.41, 5.74) is 2.34. The van der Waals surface area contributed by atoms with Crippen molar-refractivity contribution in [1.82, 2.24) is 4.98 Å². The number of aromatic hydroxyl groups is 1. The number of aromatic nitrogens is 1. The molecule has 0 aliphatic carbocycles. The van der Waals surface area contributed by atoms with Gasteiger partial charge in [-0.1, -0.05) is 37.3 Å². The first-order valence-corrected chi connectivity index (χ1v) is 8.74. The molecule has 5 nitrogen and oxygen atoms in total. The molecule has 4 rings (SSSR count). The largest absolute Gasteiger partial charge is 0.506 e. The monoisotopic (exact) mass is 348 g/mol. The van der Waals surface area contributed by atoms with E-state index < -0.39 is 0 Å². The predicted octanol–water partition coefficient (Wildman–Crippen LogP) is 3.86. The van der Waals surface area contributed by atoms with Gasteiger partial charge < -0.3 is 14.7 Å². The van der Waals surface area contributed by atoms with Gasteiger partial charge in [-0.25, -0.2) is 0 Å². The van der Waals surface area contributed by atoms with Crippen molar-refractivity contribution in [3.05, 3.63) is 60.3 Å². The van der Waals surface area contributed by atoms with Gasteiger partial charge in [0.1, 0.15) is 17.0 Å². The number of para-hydroxylation sites is 2. The molecule has 1 N–H and O–H groups in total. The molecule has 2 aromatic carbocycles. The van der Waals surface area contributed by atoms with Gasteiger partial charge in [0.05, 0.1) is 5.69 Å². The first-order valence-electron chi connectivity index (χ1n) is 8.74. The summed E-state index contributed by atoms with van der Waals surface area (Å²) >= 11 is 0. The fraction of sp³-hybridized carbons (Fsp3) is 0.238. The Bertz CT molecular complexity index is 965. The second-order valence-corrected chi connectivity index (χ2v) is 6.57. The summed E-state index contributed by atoms with van der Waals surface area (Å²) < 4.78 is 5.78. The van der Waals surface area contributed by atoms with E-state index >= 15 is 0 Å². The molecule has 1 amide bonds. The van der Waals surface area contributed by atoms with Gasteiger partial charge in [0, 0.05) is 18.1 Å². The number of phenolic OH excluding ortho intramolecular Hbond substituents is 1. The molecule has 0 saturated carbocycles. The van der Waals surface area contributed by atoms with Crippen LogP contribution >= 0.6 is 0 Å². The lowest BCUT2D eigenvalue weighted by Gasteiger charge is -2.33. The van der Waals surface area contributed by atoms with Crippen molar-refractivity contribution in [2.24, 2.45) is 0 Å². The number of carbonyl (C=O) groups is 1. The second kappa shape index (κ2) is 6.67. The average molecular weight is 348 g/mol. The maximum atomic E-state index is 12.8. The van der Waals surface area contributed by atoms with Crippen LogP contribution < -0.4 is 9.64 Å². The van der Waals surface area contributed by atoms with Crippen LogP contribution in [-0.4, -0.2) is 29.1 Å². The number of nitrogens with zero attached hydrogens (tertiary/aromatic N) is 2. The van der Waals surface area contributed by atoms with Crippen molar-refractivity contribution in [3.63, 3.8) is 0 Å². The highest BCUT2D eigenvalue weighted by atomic mass is 16.5. The number of fused-ring (bicyclic) bond motifs is 2. The Labute approximate surface area is 151 Å². The smallest absolute Gasteiger partial charge is 0.265 e. The molecule has 5 heteroatoms. The van der Waals surface area contributed by atoms with Gasteiger partial charge in [0.2, 0.25) is 0 Å². The molecule has 0 fully saturated rings. The zero-order valence-corrected chi connectivity index (χ0v) is 14.6. The number of ether oxygens (including phenoxy) is 1.